The molecule has 1 unspecified atom stereocenters. The number of rotatable bonds is 3. The van der Waals surface area contributed by atoms with Gasteiger partial charge in [-0.2, -0.15) is 0 Å². The van der Waals surface area contributed by atoms with Gasteiger partial charge in [-0.05, 0) is 18.9 Å². The maximum atomic E-state index is 11.6. The zero-order valence-corrected chi connectivity index (χ0v) is 13.3. The molecule has 1 aliphatic heterocycles. The molecule has 2 aromatic rings. The largest absolute Gasteiger partial charge is 0.308 e. The van der Waals surface area contributed by atoms with Gasteiger partial charge in [-0.1, -0.05) is 29.8 Å². The van der Waals surface area contributed by atoms with E-state index in [1.807, 2.05) is 18.2 Å². The lowest BCUT2D eigenvalue weighted by Gasteiger charge is -2.22. The molecule has 2 heterocycles. The van der Waals surface area contributed by atoms with Gasteiger partial charge in [0.2, 0.25) is 0 Å². The van der Waals surface area contributed by atoms with Crippen LogP contribution in [-0.2, 0) is 16.4 Å². The van der Waals surface area contributed by atoms with E-state index in [1.54, 1.807) is 11.3 Å². The van der Waals surface area contributed by atoms with Crippen LogP contribution in [0.3, 0.4) is 0 Å². The molecular formula is C14H16ClNO2S2. The molecule has 1 aromatic carbocycles. The minimum absolute atomic E-state index is 0.0510. The predicted octanol–water partition coefficient (Wildman–Crippen LogP) is 3.22. The van der Waals surface area contributed by atoms with Crippen molar-refractivity contribution in [3.63, 3.8) is 0 Å². The number of halogens is 1. The third-order valence-corrected chi connectivity index (χ3v) is 7.15. The van der Waals surface area contributed by atoms with Crippen LogP contribution in [0, 0.1) is 0 Å². The number of benzene rings is 1. The fraction of sp³-hybridized carbons (Fsp3) is 0.429. The van der Waals surface area contributed by atoms with Gasteiger partial charge >= 0.3 is 0 Å². The van der Waals surface area contributed by atoms with Gasteiger partial charge in [-0.15, -0.1) is 11.3 Å². The monoisotopic (exact) mass is 329 g/mol. The second kappa shape index (κ2) is 5.64. The summed E-state index contributed by atoms with van der Waals surface area (Å²) >= 11 is 8.05. The Labute approximate surface area is 127 Å². The molecule has 3 rings (SSSR count). The average Bonchev–Trinajstić information content (AvgIpc) is 2.73. The van der Waals surface area contributed by atoms with E-state index in [2.05, 4.69) is 11.4 Å². The van der Waals surface area contributed by atoms with E-state index >= 15 is 0 Å². The van der Waals surface area contributed by atoms with E-state index in [9.17, 15) is 8.42 Å². The van der Waals surface area contributed by atoms with Crippen molar-refractivity contribution in [1.82, 2.24) is 5.32 Å². The maximum Gasteiger partial charge on any atom is 0.151 e. The Morgan fingerprint density at radius 1 is 1.35 bits per heavy atom. The lowest BCUT2D eigenvalue weighted by atomic mass is 10.2. The second-order valence-electron chi connectivity index (χ2n) is 5.17. The fourth-order valence-corrected chi connectivity index (χ4v) is 5.72. The van der Waals surface area contributed by atoms with Crippen molar-refractivity contribution in [3.05, 3.63) is 34.2 Å². The molecule has 0 bridgehead atoms. The molecule has 0 amide bonds. The first-order valence-corrected chi connectivity index (χ1v) is 9.66. The normalized spacial score (nSPS) is 22.1. The SMILES string of the molecule is O=S1(=O)CCCC(NCc2sc3ccccc3c2Cl)C1. The highest BCUT2D eigenvalue weighted by Crippen LogP contribution is 2.35. The van der Waals surface area contributed by atoms with Crippen molar-refractivity contribution in [1.29, 1.82) is 0 Å². The van der Waals surface area contributed by atoms with Crippen molar-refractivity contribution < 1.29 is 8.42 Å². The number of nitrogens with one attached hydrogen (secondary N) is 1. The molecule has 0 radical (unpaired) electrons. The van der Waals surface area contributed by atoms with Crippen molar-refractivity contribution >= 4 is 42.9 Å². The van der Waals surface area contributed by atoms with Crippen LogP contribution >= 0.6 is 22.9 Å². The summed E-state index contributed by atoms with van der Waals surface area (Å²) in [5.41, 5.74) is 0. The third-order valence-electron chi connectivity index (χ3n) is 3.62. The standard InChI is InChI=1S/C14H16ClNO2S2/c15-14-11-5-1-2-6-12(11)19-13(14)8-16-10-4-3-7-20(17,18)9-10/h1-2,5-6,10,16H,3-4,7-9H2. The third kappa shape index (κ3) is 3.01. The molecule has 1 N–H and O–H groups in total. The zero-order chi connectivity index (χ0) is 14.2. The van der Waals surface area contributed by atoms with E-state index in [0.717, 1.165) is 28.1 Å². The molecule has 0 aliphatic carbocycles. The smallest absolute Gasteiger partial charge is 0.151 e. The van der Waals surface area contributed by atoms with Crippen molar-refractivity contribution in [3.8, 4) is 0 Å². The Balaban J connectivity index is 1.72. The van der Waals surface area contributed by atoms with Crippen LogP contribution in [0.4, 0.5) is 0 Å². The van der Waals surface area contributed by atoms with Crippen LogP contribution in [0.2, 0.25) is 5.02 Å². The van der Waals surface area contributed by atoms with Crippen LogP contribution < -0.4 is 5.32 Å². The molecule has 1 fully saturated rings. The number of hydrogen-bond acceptors (Lipinski definition) is 4. The summed E-state index contributed by atoms with van der Waals surface area (Å²) in [6.07, 6.45) is 1.67. The summed E-state index contributed by atoms with van der Waals surface area (Å²) in [6, 6.07) is 8.10. The topological polar surface area (TPSA) is 46.2 Å². The summed E-state index contributed by atoms with van der Waals surface area (Å²) in [7, 11) is -2.86. The van der Waals surface area contributed by atoms with E-state index < -0.39 is 9.84 Å². The zero-order valence-electron chi connectivity index (χ0n) is 10.9. The number of hydrogen-bond donors (Lipinski definition) is 1. The first-order chi connectivity index (χ1) is 9.55. The first kappa shape index (κ1) is 14.3. The Morgan fingerprint density at radius 3 is 2.90 bits per heavy atom. The van der Waals surface area contributed by atoms with Gasteiger partial charge in [0.15, 0.2) is 9.84 Å². The van der Waals surface area contributed by atoms with Gasteiger partial charge in [0.25, 0.3) is 0 Å². The van der Waals surface area contributed by atoms with E-state index in [1.165, 1.54) is 4.70 Å². The Morgan fingerprint density at radius 2 is 2.15 bits per heavy atom. The van der Waals surface area contributed by atoms with Gasteiger partial charge < -0.3 is 5.32 Å². The first-order valence-electron chi connectivity index (χ1n) is 6.65. The highest BCUT2D eigenvalue weighted by atomic mass is 35.5. The quantitative estimate of drug-likeness (QED) is 0.940. The summed E-state index contributed by atoms with van der Waals surface area (Å²) in [5.74, 6) is 0.574. The van der Waals surface area contributed by atoms with E-state index in [-0.39, 0.29) is 11.8 Å². The van der Waals surface area contributed by atoms with Gasteiger partial charge in [-0.25, -0.2) is 8.42 Å². The molecule has 108 valence electrons. The highest BCUT2D eigenvalue weighted by Gasteiger charge is 2.24. The summed E-state index contributed by atoms with van der Waals surface area (Å²) < 4.78 is 24.4. The molecule has 1 atom stereocenters. The van der Waals surface area contributed by atoms with E-state index in [0.29, 0.717) is 12.3 Å². The molecule has 0 spiro atoms. The minimum Gasteiger partial charge on any atom is -0.308 e. The Kier molecular flexibility index (Phi) is 4.04. The van der Waals surface area contributed by atoms with Crippen molar-refractivity contribution in [2.75, 3.05) is 11.5 Å². The molecule has 3 nitrogen and oxygen atoms in total. The molecule has 1 saturated heterocycles. The van der Waals surface area contributed by atoms with Gasteiger partial charge in [-0.3, -0.25) is 0 Å². The predicted molar refractivity (Wildman–Crippen MR) is 85.4 cm³/mol. The average molecular weight is 330 g/mol. The fourth-order valence-electron chi connectivity index (χ4n) is 2.60. The van der Waals surface area contributed by atoms with Gasteiger partial charge in [0.05, 0.1) is 16.5 Å². The molecule has 0 saturated carbocycles. The summed E-state index contributed by atoms with van der Waals surface area (Å²) in [5, 5.41) is 5.21. The van der Waals surface area contributed by atoms with Crippen LogP contribution in [-0.4, -0.2) is 26.0 Å². The molecule has 1 aromatic heterocycles. The minimum atomic E-state index is -2.86. The molecule has 1 aliphatic rings. The van der Waals surface area contributed by atoms with Crippen LogP contribution in [0.25, 0.3) is 10.1 Å². The van der Waals surface area contributed by atoms with Crippen LogP contribution in [0.5, 0.6) is 0 Å². The number of fused-ring (bicyclic) bond motifs is 1. The molecular weight excluding hydrogens is 314 g/mol. The lowest BCUT2D eigenvalue weighted by molar-refractivity contribution is 0.482. The van der Waals surface area contributed by atoms with Crippen molar-refractivity contribution in [2.45, 2.75) is 25.4 Å². The summed E-state index contributed by atoms with van der Waals surface area (Å²) in [6.45, 7) is 0.637. The summed E-state index contributed by atoms with van der Waals surface area (Å²) in [4.78, 5) is 1.08. The maximum absolute atomic E-state index is 11.6. The van der Waals surface area contributed by atoms with Gasteiger partial charge in [0, 0.05) is 27.5 Å². The Bertz CT molecular complexity index is 724. The molecule has 6 heteroatoms. The Hall–Kier alpha value is -0.620. The van der Waals surface area contributed by atoms with Crippen LogP contribution in [0.15, 0.2) is 24.3 Å². The van der Waals surface area contributed by atoms with Crippen molar-refractivity contribution in [2.24, 2.45) is 0 Å². The molecule has 20 heavy (non-hydrogen) atoms. The van der Waals surface area contributed by atoms with E-state index in [4.69, 9.17) is 11.6 Å². The second-order valence-corrected chi connectivity index (χ2v) is 8.91. The number of thiophene rings is 1. The lowest BCUT2D eigenvalue weighted by Crippen LogP contribution is -2.39. The number of sulfone groups is 1. The van der Waals surface area contributed by atoms with Gasteiger partial charge in [0.1, 0.15) is 0 Å². The highest BCUT2D eigenvalue weighted by molar-refractivity contribution is 7.91. The van der Waals surface area contributed by atoms with Crippen LogP contribution in [0.1, 0.15) is 17.7 Å².